The van der Waals surface area contributed by atoms with Crippen molar-refractivity contribution in [2.45, 2.75) is 30.7 Å². The molecule has 0 aliphatic carbocycles. The maximum absolute atomic E-state index is 13.1. The Morgan fingerprint density at radius 2 is 1.96 bits per heavy atom. The normalized spacial score (nSPS) is 15.5. The molecule has 3 rings (SSSR count). The van der Waals surface area contributed by atoms with Crippen molar-refractivity contribution in [3.63, 3.8) is 0 Å². The Hall–Kier alpha value is -2.21. The molecule has 0 saturated heterocycles. The van der Waals surface area contributed by atoms with Crippen LogP contribution >= 0.6 is 0 Å². The Kier molecular flexibility index (Phi) is 4.66. The van der Waals surface area contributed by atoms with Gasteiger partial charge in [0.15, 0.2) is 9.84 Å². The number of hydrogen-bond donors (Lipinski definition) is 1. The monoisotopic (exact) mass is 347 g/mol. The van der Waals surface area contributed by atoms with E-state index in [4.69, 9.17) is 0 Å². The third kappa shape index (κ3) is 3.82. The Morgan fingerprint density at radius 3 is 2.75 bits per heavy atom. The van der Waals surface area contributed by atoms with Gasteiger partial charge < -0.3 is 5.32 Å². The fraction of sp³-hybridized carbons (Fsp3) is 0.278. The van der Waals surface area contributed by atoms with Crippen LogP contribution in [0.3, 0.4) is 0 Å². The van der Waals surface area contributed by atoms with Gasteiger partial charge in [-0.15, -0.1) is 0 Å². The minimum absolute atomic E-state index is 0.108. The third-order valence-electron chi connectivity index (χ3n) is 4.06. The fourth-order valence-corrected chi connectivity index (χ4v) is 4.48. The van der Waals surface area contributed by atoms with Gasteiger partial charge in [-0.05, 0) is 47.7 Å². The Balaban J connectivity index is 1.64. The predicted octanol–water partition coefficient (Wildman–Crippen LogP) is 2.40. The molecule has 0 unspecified atom stereocenters. The Labute approximate surface area is 140 Å². The van der Waals surface area contributed by atoms with Crippen molar-refractivity contribution in [3.05, 3.63) is 65.0 Å². The number of aryl methyl sites for hydroxylation is 1. The van der Waals surface area contributed by atoms with E-state index in [1.165, 1.54) is 12.1 Å². The van der Waals surface area contributed by atoms with Crippen LogP contribution in [0.25, 0.3) is 0 Å². The van der Waals surface area contributed by atoms with E-state index in [1.54, 1.807) is 24.3 Å². The maximum atomic E-state index is 13.1. The molecule has 0 spiro atoms. The minimum Gasteiger partial charge on any atom is -0.352 e. The molecule has 126 valence electrons. The quantitative estimate of drug-likeness (QED) is 0.924. The topological polar surface area (TPSA) is 63.2 Å². The lowest BCUT2D eigenvalue weighted by molar-refractivity contribution is -0.120. The van der Waals surface area contributed by atoms with E-state index in [9.17, 15) is 17.6 Å². The van der Waals surface area contributed by atoms with Crippen LogP contribution < -0.4 is 5.32 Å². The van der Waals surface area contributed by atoms with Crippen molar-refractivity contribution in [1.82, 2.24) is 5.32 Å². The summed E-state index contributed by atoms with van der Waals surface area (Å²) in [6, 6.07) is 11.1. The van der Waals surface area contributed by atoms with E-state index in [0.717, 1.165) is 17.5 Å². The summed E-state index contributed by atoms with van der Waals surface area (Å²) in [5.41, 5.74) is 2.29. The van der Waals surface area contributed by atoms with E-state index in [1.807, 2.05) is 6.07 Å². The standard InChI is InChI=1S/C18H18FNO3S/c19-16-5-1-3-13(10-16)11-18(21)20-12-14-6-7-17-15(9-14)4-2-8-24(17,22)23/h1,3,5-7,9-10H,2,4,8,11-12H2,(H,20,21). The van der Waals surface area contributed by atoms with Gasteiger partial charge in [-0.2, -0.15) is 0 Å². The first-order valence-electron chi connectivity index (χ1n) is 7.80. The summed E-state index contributed by atoms with van der Waals surface area (Å²) in [5.74, 6) is -0.369. The molecule has 4 nitrogen and oxygen atoms in total. The van der Waals surface area contributed by atoms with Gasteiger partial charge in [0.2, 0.25) is 5.91 Å². The van der Waals surface area contributed by atoms with Crippen LogP contribution in [-0.2, 0) is 34.0 Å². The molecular weight excluding hydrogens is 329 g/mol. The number of fused-ring (bicyclic) bond motifs is 1. The highest BCUT2D eigenvalue weighted by atomic mass is 32.2. The second-order valence-corrected chi connectivity index (χ2v) is 8.03. The molecule has 0 bridgehead atoms. The van der Waals surface area contributed by atoms with Gasteiger partial charge in [-0.1, -0.05) is 24.3 Å². The number of rotatable bonds is 4. The van der Waals surface area contributed by atoms with Gasteiger partial charge in [0.25, 0.3) is 0 Å². The summed E-state index contributed by atoms with van der Waals surface area (Å²) in [4.78, 5) is 12.4. The second-order valence-electron chi connectivity index (χ2n) is 5.95. The van der Waals surface area contributed by atoms with Crippen LogP contribution in [0.15, 0.2) is 47.4 Å². The van der Waals surface area contributed by atoms with Crippen LogP contribution in [0.2, 0.25) is 0 Å². The van der Waals surface area contributed by atoms with Crippen LogP contribution in [-0.4, -0.2) is 20.1 Å². The molecule has 0 fully saturated rings. The lowest BCUT2D eigenvalue weighted by Gasteiger charge is -2.17. The molecule has 1 aliphatic rings. The molecule has 2 aromatic rings. The van der Waals surface area contributed by atoms with Crippen LogP contribution in [0.4, 0.5) is 4.39 Å². The van der Waals surface area contributed by atoms with Gasteiger partial charge >= 0.3 is 0 Å². The average Bonchev–Trinajstić information content (AvgIpc) is 2.52. The zero-order valence-electron chi connectivity index (χ0n) is 13.1. The minimum atomic E-state index is -3.16. The number of benzene rings is 2. The average molecular weight is 347 g/mol. The second kappa shape index (κ2) is 6.73. The van der Waals surface area contributed by atoms with Crippen molar-refractivity contribution in [2.24, 2.45) is 0 Å². The molecule has 0 aromatic heterocycles. The zero-order chi connectivity index (χ0) is 17.2. The van der Waals surface area contributed by atoms with E-state index >= 15 is 0 Å². The molecular formula is C18H18FNO3S. The summed E-state index contributed by atoms with van der Waals surface area (Å²) in [6.07, 6.45) is 1.47. The van der Waals surface area contributed by atoms with Crippen molar-refractivity contribution in [3.8, 4) is 0 Å². The predicted molar refractivity (Wildman–Crippen MR) is 88.8 cm³/mol. The number of amides is 1. The molecule has 1 heterocycles. The number of halogens is 1. The van der Waals surface area contributed by atoms with Gasteiger partial charge in [-0.3, -0.25) is 4.79 Å². The van der Waals surface area contributed by atoms with Crippen LogP contribution in [0.1, 0.15) is 23.1 Å². The van der Waals surface area contributed by atoms with Crippen molar-refractivity contribution in [2.75, 3.05) is 5.75 Å². The van der Waals surface area contributed by atoms with Gasteiger partial charge in [-0.25, -0.2) is 12.8 Å². The molecule has 1 aliphatic heterocycles. The third-order valence-corrected chi connectivity index (χ3v) is 5.96. The fourth-order valence-electron chi connectivity index (χ4n) is 2.90. The molecule has 24 heavy (non-hydrogen) atoms. The first kappa shape index (κ1) is 16.6. The van der Waals surface area contributed by atoms with Crippen molar-refractivity contribution in [1.29, 1.82) is 0 Å². The van der Waals surface area contributed by atoms with Crippen LogP contribution in [0, 0.1) is 5.82 Å². The molecule has 1 N–H and O–H groups in total. The summed E-state index contributed by atoms with van der Waals surface area (Å²) in [6.45, 7) is 0.321. The summed E-state index contributed by atoms with van der Waals surface area (Å²) in [7, 11) is -3.16. The van der Waals surface area contributed by atoms with Crippen molar-refractivity contribution < 1.29 is 17.6 Å². The lowest BCUT2D eigenvalue weighted by atomic mass is 10.1. The summed E-state index contributed by atoms with van der Waals surface area (Å²) < 4.78 is 37.1. The number of hydrogen-bond acceptors (Lipinski definition) is 3. The number of nitrogens with one attached hydrogen (secondary N) is 1. The van der Waals surface area contributed by atoms with Crippen molar-refractivity contribution >= 4 is 15.7 Å². The smallest absolute Gasteiger partial charge is 0.224 e. The molecule has 6 heteroatoms. The highest BCUT2D eigenvalue weighted by Crippen LogP contribution is 2.25. The van der Waals surface area contributed by atoms with E-state index in [0.29, 0.717) is 23.4 Å². The highest BCUT2D eigenvalue weighted by Gasteiger charge is 2.23. The van der Waals surface area contributed by atoms with Gasteiger partial charge in [0, 0.05) is 6.54 Å². The van der Waals surface area contributed by atoms with Gasteiger partial charge in [0.1, 0.15) is 5.82 Å². The molecule has 0 radical (unpaired) electrons. The molecule has 0 atom stereocenters. The first-order chi connectivity index (χ1) is 11.4. The van der Waals surface area contributed by atoms with E-state index < -0.39 is 9.84 Å². The zero-order valence-corrected chi connectivity index (χ0v) is 13.9. The number of carbonyl (C=O) groups excluding carboxylic acids is 1. The van der Waals surface area contributed by atoms with E-state index in [-0.39, 0.29) is 23.9 Å². The summed E-state index contributed by atoms with van der Waals surface area (Å²) >= 11 is 0. The summed E-state index contributed by atoms with van der Waals surface area (Å²) in [5, 5.41) is 2.78. The lowest BCUT2D eigenvalue weighted by Crippen LogP contribution is -2.25. The first-order valence-corrected chi connectivity index (χ1v) is 9.45. The molecule has 1 amide bonds. The van der Waals surface area contributed by atoms with E-state index in [2.05, 4.69) is 5.32 Å². The highest BCUT2D eigenvalue weighted by molar-refractivity contribution is 7.91. The number of carbonyl (C=O) groups is 1. The van der Waals surface area contributed by atoms with Crippen LogP contribution in [0.5, 0.6) is 0 Å². The molecule has 0 saturated carbocycles. The Bertz CT molecular complexity index is 878. The van der Waals surface area contributed by atoms with Gasteiger partial charge in [0.05, 0.1) is 17.1 Å². The Morgan fingerprint density at radius 1 is 1.12 bits per heavy atom. The molecule has 2 aromatic carbocycles. The number of sulfone groups is 1. The SMILES string of the molecule is O=C(Cc1cccc(F)c1)NCc1ccc2c(c1)CCCS2(=O)=O. The largest absolute Gasteiger partial charge is 0.352 e. The maximum Gasteiger partial charge on any atom is 0.224 e.